The summed E-state index contributed by atoms with van der Waals surface area (Å²) in [5.74, 6) is 0.174. The van der Waals surface area contributed by atoms with E-state index in [1.165, 1.54) is 11.3 Å². The van der Waals surface area contributed by atoms with Gasteiger partial charge in [-0.2, -0.15) is 0 Å². The third kappa shape index (κ3) is 3.35. The first kappa shape index (κ1) is 19.1. The van der Waals surface area contributed by atoms with Gasteiger partial charge in [0.05, 0.1) is 17.7 Å². The fraction of sp³-hybridized carbons (Fsp3) is 0.350. The van der Waals surface area contributed by atoms with Crippen molar-refractivity contribution in [2.24, 2.45) is 0 Å². The molecule has 0 aliphatic heterocycles. The van der Waals surface area contributed by atoms with Gasteiger partial charge in [-0.3, -0.25) is 4.79 Å². The summed E-state index contributed by atoms with van der Waals surface area (Å²) in [5.41, 5.74) is 1.21. The fourth-order valence-corrected chi connectivity index (χ4v) is 4.15. The maximum atomic E-state index is 13.5. The highest BCUT2D eigenvalue weighted by Crippen LogP contribution is 2.30. The van der Waals surface area contributed by atoms with Crippen LogP contribution in [0.5, 0.6) is 0 Å². The molecule has 0 spiro atoms. The van der Waals surface area contributed by atoms with Gasteiger partial charge >= 0.3 is 5.97 Å². The van der Waals surface area contributed by atoms with Crippen LogP contribution in [0.3, 0.4) is 0 Å². The van der Waals surface area contributed by atoms with Crippen molar-refractivity contribution in [3.63, 3.8) is 0 Å². The molecule has 2 aromatic heterocycles. The van der Waals surface area contributed by atoms with E-state index in [9.17, 15) is 9.59 Å². The van der Waals surface area contributed by atoms with E-state index in [4.69, 9.17) is 9.72 Å². The quantitative estimate of drug-likeness (QED) is 0.604. The number of esters is 1. The minimum absolute atomic E-state index is 0.169. The summed E-state index contributed by atoms with van der Waals surface area (Å²) < 4.78 is 6.77. The summed E-state index contributed by atoms with van der Waals surface area (Å²) in [4.78, 5) is 33.5. The molecular formula is C20H23N3O3S. The number of carbonyl (C=O) groups excluding carboxylic acids is 1. The van der Waals surface area contributed by atoms with Gasteiger partial charge in [0.1, 0.15) is 9.71 Å². The third-order valence-electron chi connectivity index (χ3n) is 4.47. The highest BCUT2D eigenvalue weighted by atomic mass is 32.1. The largest absolute Gasteiger partial charge is 0.462 e. The van der Waals surface area contributed by atoms with Crippen LogP contribution in [0.2, 0.25) is 0 Å². The molecule has 6 nitrogen and oxygen atoms in total. The van der Waals surface area contributed by atoms with Crippen molar-refractivity contribution < 1.29 is 9.53 Å². The Balaban J connectivity index is 2.36. The number of carbonyl (C=O) groups is 1. The van der Waals surface area contributed by atoms with E-state index in [1.54, 1.807) is 18.4 Å². The number of hydrogen-bond acceptors (Lipinski definition) is 6. The van der Waals surface area contributed by atoms with Crippen LogP contribution >= 0.6 is 11.3 Å². The number of fused-ring (bicyclic) bond motifs is 1. The van der Waals surface area contributed by atoms with Crippen molar-refractivity contribution in [2.75, 3.05) is 24.6 Å². The SMILES string of the molecule is CCOC(=O)c1sc2nc(N(CC)CC)n(-c3ccccc3)c(=O)c2c1C. The smallest absolute Gasteiger partial charge is 0.348 e. The highest BCUT2D eigenvalue weighted by molar-refractivity contribution is 7.20. The molecule has 0 unspecified atom stereocenters. The van der Waals surface area contributed by atoms with E-state index < -0.39 is 5.97 Å². The highest BCUT2D eigenvalue weighted by Gasteiger charge is 2.24. The number of nitrogens with zero attached hydrogens (tertiary/aromatic N) is 3. The lowest BCUT2D eigenvalue weighted by molar-refractivity contribution is 0.0531. The Morgan fingerprint density at radius 2 is 1.85 bits per heavy atom. The zero-order valence-corrected chi connectivity index (χ0v) is 16.8. The number of para-hydroxylation sites is 1. The van der Waals surface area contributed by atoms with Gasteiger partial charge in [0.15, 0.2) is 0 Å². The van der Waals surface area contributed by atoms with Crippen molar-refractivity contribution in [2.45, 2.75) is 27.7 Å². The third-order valence-corrected chi connectivity index (χ3v) is 5.63. The zero-order chi connectivity index (χ0) is 19.6. The molecule has 3 rings (SSSR count). The molecule has 0 radical (unpaired) electrons. The minimum Gasteiger partial charge on any atom is -0.462 e. The van der Waals surface area contributed by atoms with Gasteiger partial charge in [0, 0.05) is 13.1 Å². The van der Waals surface area contributed by atoms with Crippen molar-refractivity contribution in [3.05, 3.63) is 51.1 Å². The molecule has 0 saturated carbocycles. The van der Waals surface area contributed by atoms with Crippen LogP contribution in [0.25, 0.3) is 15.9 Å². The van der Waals surface area contributed by atoms with Gasteiger partial charge in [0.2, 0.25) is 5.95 Å². The standard InChI is InChI=1S/C20H23N3O3S/c1-5-22(6-2)20-21-17-15(13(4)16(27-17)19(25)26-7-3)18(24)23(20)14-11-9-8-10-12-14/h8-12H,5-7H2,1-4H3. The predicted molar refractivity (Wildman–Crippen MR) is 109 cm³/mol. The van der Waals surface area contributed by atoms with Crippen LogP contribution in [0, 0.1) is 6.92 Å². The van der Waals surface area contributed by atoms with Gasteiger partial charge in [0.25, 0.3) is 5.56 Å². The van der Waals surface area contributed by atoms with E-state index in [0.717, 1.165) is 18.8 Å². The lowest BCUT2D eigenvalue weighted by Gasteiger charge is -2.23. The summed E-state index contributed by atoms with van der Waals surface area (Å²) >= 11 is 1.22. The number of ether oxygens (including phenoxy) is 1. The summed E-state index contributed by atoms with van der Waals surface area (Å²) in [6.45, 7) is 9.32. The van der Waals surface area contributed by atoms with Crippen LogP contribution in [-0.2, 0) is 4.74 Å². The first-order chi connectivity index (χ1) is 13.0. The van der Waals surface area contributed by atoms with E-state index in [-0.39, 0.29) is 5.56 Å². The number of thiophene rings is 1. The number of aromatic nitrogens is 2. The predicted octanol–water partition coefficient (Wildman–Crippen LogP) is 3.78. The lowest BCUT2D eigenvalue weighted by atomic mass is 10.2. The Morgan fingerprint density at radius 1 is 1.19 bits per heavy atom. The number of benzene rings is 1. The maximum absolute atomic E-state index is 13.5. The Labute approximate surface area is 162 Å². The zero-order valence-electron chi connectivity index (χ0n) is 16.0. The average molecular weight is 385 g/mol. The molecule has 0 N–H and O–H groups in total. The molecule has 0 amide bonds. The molecule has 0 bridgehead atoms. The molecular weight excluding hydrogens is 362 g/mol. The first-order valence-electron chi connectivity index (χ1n) is 9.07. The van der Waals surface area contributed by atoms with Gasteiger partial charge in [-0.15, -0.1) is 11.3 Å². The molecule has 0 saturated heterocycles. The Bertz CT molecular complexity index is 1020. The number of hydrogen-bond donors (Lipinski definition) is 0. The van der Waals surface area contributed by atoms with Gasteiger partial charge in [-0.25, -0.2) is 14.3 Å². The molecule has 0 fully saturated rings. The molecule has 27 heavy (non-hydrogen) atoms. The second-order valence-corrected chi connectivity index (χ2v) is 7.02. The molecule has 1 aromatic carbocycles. The second-order valence-electron chi connectivity index (χ2n) is 6.02. The topological polar surface area (TPSA) is 64.4 Å². The van der Waals surface area contributed by atoms with E-state index >= 15 is 0 Å². The van der Waals surface area contributed by atoms with Crippen molar-refractivity contribution >= 4 is 33.5 Å². The van der Waals surface area contributed by atoms with E-state index in [0.29, 0.717) is 33.2 Å². The molecule has 2 heterocycles. The van der Waals surface area contributed by atoms with Crippen LogP contribution in [-0.4, -0.2) is 35.2 Å². The molecule has 7 heteroatoms. The normalized spacial score (nSPS) is 11.0. The molecule has 142 valence electrons. The summed E-state index contributed by atoms with van der Waals surface area (Å²) in [6, 6.07) is 9.46. The lowest BCUT2D eigenvalue weighted by Crippen LogP contribution is -2.32. The number of rotatable bonds is 6. The molecule has 0 atom stereocenters. The van der Waals surface area contributed by atoms with Gasteiger partial charge in [-0.1, -0.05) is 18.2 Å². The van der Waals surface area contributed by atoms with Crippen molar-refractivity contribution in [1.29, 1.82) is 0 Å². The Hall–Kier alpha value is -2.67. The monoisotopic (exact) mass is 385 g/mol. The summed E-state index contributed by atoms with van der Waals surface area (Å²) in [7, 11) is 0. The van der Waals surface area contributed by atoms with Gasteiger partial charge < -0.3 is 9.64 Å². The molecule has 3 aromatic rings. The average Bonchev–Trinajstić information content (AvgIpc) is 3.01. The van der Waals surface area contributed by atoms with E-state index in [2.05, 4.69) is 0 Å². The number of anilines is 1. The van der Waals surface area contributed by atoms with E-state index in [1.807, 2.05) is 49.1 Å². The van der Waals surface area contributed by atoms with Crippen LogP contribution < -0.4 is 10.5 Å². The Kier molecular flexibility index (Phi) is 5.60. The maximum Gasteiger partial charge on any atom is 0.348 e. The van der Waals surface area contributed by atoms with Crippen molar-refractivity contribution in [1.82, 2.24) is 9.55 Å². The molecule has 0 aliphatic carbocycles. The fourth-order valence-electron chi connectivity index (χ4n) is 3.09. The molecule has 0 aliphatic rings. The van der Waals surface area contributed by atoms with Crippen LogP contribution in [0.4, 0.5) is 5.95 Å². The first-order valence-corrected chi connectivity index (χ1v) is 9.88. The van der Waals surface area contributed by atoms with Crippen LogP contribution in [0.1, 0.15) is 36.0 Å². The van der Waals surface area contributed by atoms with Crippen molar-refractivity contribution in [3.8, 4) is 5.69 Å². The van der Waals surface area contributed by atoms with Gasteiger partial charge in [-0.05, 0) is 45.4 Å². The minimum atomic E-state index is -0.409. The summed E-state index contributed by atoms with van der Waals surface area (Å²) in [5, 5.41) is 0.475. The Morgan fingerprint density at radius 3 is 2.44 bits per heavy atom. The summed E-state index contributed by atoms with van der Waals surface area (Å²) in [6.07, 6.45) is 0. The number of aryl methyl sites for hydroxylation is 1. The second kappa shape index (κ2) is 7.92. The van der Waals surface area contributed by atoms with Crippen LogP contribution in [0.15, 0.2) is 35.1 Å².